The average Bonchev–Trinajstić information content (AvgIpc) is 3.12. The third-order valence-electron chi connectivity index (χ3n) is 5.46. The molecule has 2 N–H and O–H groups in total. The van der Waals surface area contributed by atoms with Crippen molar-refractivity contribution in [1.29, 1.82) is 0 Å². The van der Waals surface area contributed by atoms with Gasteiger partial charge in [-0.15, -0.1) is 0 Å². The van der Waals surface area contributed by atoms with Crippen LogP contribution in [0.4, 0.5) is 5.69 Å². The topological polar surface area (TPSA) is 64.9 Å². The van der Waals surface area contributed by atoms with Gasteiger partial charge in [-0.05, 0) is 36.8 Å². The van der Waals surface area contributed by atoms with Crippen LogP contribution < -0.4 is 10.3 Å². The Morgan fingerprint density at radius 2 is 1.72 bits per heavy atom. The van der Waals surface area contributed by atoms with E-state index in [-0.39, 0.29) is 11.5 Å². The molecule has 1 heterocycles. The fourth-order valence-electron chi connectivity index (χ4n) is 4.08. The fourth-order valence-corrected chi connectivity index (χ4v) is 4.08. The second-order valence-corrected chi connectivity index (χ2v) is 7.20. The Hall–Kier alpha value is -3.86. The van der Waals surface area contributed by atoms with Gasteiger partial charge in [-0.1, -0.05) is 60.7 Å². The zero-order valence-electron chi connectivity index (χ0n) is 15.8. The van der Waals surface area contributed by atoms with Gasteiger partial charge in [-0.25, -0.2) is 0 Å². The van der Waals surface area contributed by atoms with Crippen LogP contribution in [0.25, 0.3) is 0 Å². The Balaban J connectivity index is 1.79. The quantitative estimate of drug-likeness (QED) is 0.702. The number of ketones is 1. The van der Waals surface area contributed by atoms with Gasteiger partial charge in [0, 0.05) is 16.8 Å². The van der Waals surface area contributed by atoms with E-state index in [1.165, 1.54) is 12.1 Å². The van der Waals surface area contributed by atoms with Crippen LogP contribution in [-0.2, 0) is 5.66 Å². The number of fused-ring (bicyclic) bond motifs is 2. The van der Waals surface area contributed by atoms with Crippen molar-refractivity contribution in [1.82, 2.24) is 5.43 Å². The first-order valence-corrected chi connectivity index (χ1v) is 9.44. The molecule has 0 saturated heterocycles. The van der Waals surface area contributed by atoms with E-state index in [4.69, 9.17) is 0 Å². The fraction of sp³-hybridized carbons (Fsp3) is 0.0833. The Kier molecular flexibility index (Phi) is 3.77. The van der Waals surface area contributed by atoms with Crippen molar-refractivity contribution in [2.24, 2.45) is 5.10 Å². The molecule has 5 rings (SSSR count). The molecule has 0 fully saturated rings. The first-order chi connectivity index (χ1) is 14.1. The van der Waals surface area contributed by atoms with Crippen LogP contribution in [0, 0.1) is 6.92 Å². The van der Waals surface area contributed by atoms with Crippen LogP contribution >= 0.6 is 0 Å². The highest BCUT2D eigenvalue weighted by Crippen LogP contribution is 2.44. The maximum atomic E-state index is 12.6. The van der Waals surface area contributed by atoms with E-state index in [9.17, 15) is 9.90 Å². The standard InChI is InChI=1S/C24H19N3O2/c1-16-8-5-6-12-19(16)27-23(17-9-3-2-4-10-17)25-26-24(27)15-14-21(29)22-18(24)11-7-13-20(22)28/h2-15,26,28H,1H3. The summed E-state index contributed by atoms with van der Waals surface area (Å²) < 4.78 is 0. The number of aromatic hydroxyl groups is 1. The molecule has 0 radical (unpaired) electrons. The molecule has 0 bridgehead atoms. The lowest BCUT2D eigenvalue weighted by molar-refractivity contribution is 0.103. The van der Waals surface area contributed by atoms with Crippen molar-refractivity contribution in [3.63, 3.8) is 0 Å². The molecule has 0 aromatic heterocycles. The van der Waals surface area contributed by atoms with Crippen LogP contribution in [-0.4, -0.2) is 16.7 Å². The van der Waals surface area contributed by atoms with Gasteiger partial charge in [0.2, 0.25) is 0 Å². The highest BCUT2D eigenvalue weighted by Gasteiger charge is 2.48. The third-order valence-corrected chi connectivity index (χ3v) is 5.46. The number of benzene rings is 3. The molecule has 1 aliphatic heterocycles. The number of para-hydroxylation sites is 1. The lowest BCUT2D eigenvalue weighted by atomic mass is 9.85. The number of hydrogen-bond acceptors (Lipinski definition) is 5. The molecule has 1 unspecified atom stereocenters. The SMILES string of the molecule is Cc1ccccc1N1C(c2ccccc2)=NNC12C=CC(=O)c1c(O)cccc12. The first kappa shape index (κ1) is 17.3. The molecular formula is C24H19N3O2. The van der Waals surface area contributed by atoms with Crippen molar-refractivity contribution < 1.29 is 9.90 Å². The van der Waals surface area contributed by atoms with E-state index >= 15 is 0 Å². The number of anilines is 1. The van der Waals surface area contributed by atoms with E-state index in [2.05, 4.69) is 15.4 Å². The molecule has 1 atom stereocenters. The number of carbonyl (C=O) groups excluding carboxylic acids is 1. The molecule has 29 heavy (non-hydrogen) atoms. The molecule has 3 aromatic rings. The number of aryl methyl sites for hydroxylation is 1. The van der Waals surface area contributed by atoms with Gasteiger partial charge in [0.25, 0.3) is 0 Å². The van der Waals surface area contributed by atoms with Crippen molar-refractivity contribution in [3.8, 4) is 5.75 Å². The normalized spacial score (nSPS) is 19.8. The zero-order chi connectivity index (χ0) is 20.0. The second-order valence-electron chi connectivity index (χ2n) is 7.20. The lowest BCUT2D eigenvalue weighted by Crippen LogP contribution is -2.52. The maximum absolute atomic E-state index is 12.6. The van der Waals surface area contributed by atoms with Crippen LogP contribution in [0.2, 0.25) is 0 Å². The zero-order valence-corrected chi connectivity index (χ0v) is 15.8. The average molecular weight is 381 g/mol. The predicted octanol–water partition coefficient (Wildman–Crippen LogP) is 4.08. The molecule has 0 amide bonds. The molecule has 0 saturated carbocycles. The van der Waals surface area contributed by atoms with Crippen LogP contribution in [0.5, 0.6) is 5.75 Å². The molecule has 142 valence electrons. The summed E-state index contributed by atoms with van der Waals surface area (Å²) in [6, 6.07) is 23.1. The predicted molar refractivity (Wildman–Crippen MR) is 113 cm³/mol. The summed E-state index contributed by atoms with van der Waals surface area (Å²) in [5, 5.41) is 15.1. The molecule has 2 aliphatic rings. The summed E-state index contributed by atoms with van der Waals surface area (Å²) in [7, 11) is 0. The van der Waals surface area contributed by atoms with Gasteiger partial charge in [0.15, 0.2) is 17.3 Å². The first-order valence-electron chi connectivity index (χ1n) is 9.44. The number of hydrazone groups is 1. The monoisotopic (exact) mass is 381 g/mol. The van der Waals surface area contributed by atoms with Crippen LogP contribution in [0.15, 0.2) is 90.0 Å². The van der Waals surface area contributed by atoms with Gasteiger partial charge in [0.1, 0.15) is 5.75 Å². The number of rotatable bonds is 2. The van der Waals surface area contributed by atoms with E-state index in [1.54, 1.807) is 6.07 Å². The number of allylic oxidation sites excluding steroid dienone is 1. The van der Waals surface area contributed by atoms with Gasteiger partial charge >= 0.3 is 0 Å². The molecular weight excluding hydrogens is 362 g/mol. The smallest absolute Gasteiger partial charge is 0.189 e. The minimum Gasteiger partial charge on any atom is -0.507 e. The Labute approximate surface area is 168 Å². The minimum absolute atomic E-state index is 0.0316. The summed E-state index contributed by atoms with van der Waals surface area (Å²) in [4.78, 5) is 14.7. The van der Waals surface area contributed by atoms with Crippen molar-refractivity contribution in [2.75, 3.05) is 4.90 Å². The summed E-state index contributed by atoms with van der Waals surface area (Å²) in [5.74, 6) is 0.493. The highest BCUT2D eigenvalue weighted by atomic mass is 16.3. The van der Waals surface area contributed by atoms with Crippen LogP contribution in [0.1, 0.15) is 27.0 Å². The van der Waals surface area contributed by atoms with Crippen LogP contribution in [0.3, 0.4) is 0 Å². The summed E-state index contributed by atoms with van der Waals surface area (Å²) in [5.41, 5.74) is 6.31. The van der Waals surface area contributed by atoms with Gasteiger partial charge in [-0.2, -0.15) is 5.10 Å². The van der Waals surface area contributed by atoms with Crippen molar-refractivity contribution >= 4 is 17.3 Å². The maximum Gasteiger partial charge on any atom is 0.189 e. The molecule has 1 spiro atoms. The van der Waals surface area contributed by atoms with Gasteiger partial charge in [0.05, 0.1) is 5.56 Å². The summed E-state index contributed by atoms with van der Waals surface area (Å²) in [6.45, 7) is 2.05. The van der Waals surface area contributed by atoms with Crippen molar-refractivity contribution in [2.45, 2.75) is 12.6 Å². The summed E-state index contributed by atoms with van der Waals surface area (Å²) in [6.07, 6.45) is 3.33. The largest absolute Gasteiger partial charge is 0.507 e. The number of phenols is 1. The van der Waals surface area contributed by atoms with E-state index in [0.717, 1.165) is 22.6 Å². The minimum atomic E-state index is -0.917. The molecule has 1 aliphatic carbocycles. The molecule has 5 nitrogen and oxygen atoms in total. The van der Waals surface area contributed by atoms with E-state index < -0.39 is 5.66 Å². The third kappa shape index (κ3) is 2.48. The Bertz CT molecular complexity index is 1180. The number of phenolic OH excluding ortho intramolecular Hbond substituents is 1. The summed E-state index contributed by atoms with van der Waals surface area (Å²) >= 11 is 0. The molecule has 5 heteroatoms. The number of nitrogens with one attached hydrogen (secondary N) is 1. The van der Waals surface area contributed by atoms with E-state index in [0.29, 0.717) is 11.1 Å². The number of hydrogen-bond donors (Lipinski definition) is 2. The number of amidine groups is 1. The van der Waals surface area contributed by atoms with E-state index in [1.807, 2.05) is 73.7 Å². The van der Waals surface area contributed by atoms with Crippen molar-refractivity contribution in [3.05, 3.63) is 107 Å². The van der Waals surface area contributed by atoms with Gasteiger partial charge in [-0.3, -0.25) is 15.1 Å². The Morgan fingerprint density at radius 1 is 0.966 bits per heavy atom. The molecule has 3 aromatic carbocycles. The highest BCUT2D eigenvalue weighted by molar-refractivity contribution is 6.15. The second kappa shape index (κ2) is 6.34. The number of nitrogens with zero attached hydrogens (tertiary/aromatic N) is 2. The van der Waals surface area contributed by atoms with Gasteiger partial charge < -0.3 is 5.11 Å². The lowest BCUT2D eigenvalue weighted by Gasteiger charge is -2.41. The Morgan fingerprint density at radius 3 is 2.52 bits per heavy atom. The number of carbonyl (C=O) groups is 1.